The summed E-state index contributed by atoms with van der Waals surface area (Å²) in [5.41, 5.74) is 9.66. The molecule has 0 bridgehead atoms. The van der Waals surface area contributed by atoms with Crippen LogP contribution >= 0.6 is 0 Å². The fourth-order valence-corrected chi connectivity index (χ4v) is 3.60. The van der Waals surface area contributed by atoms with Gasteiger partial charge in [0.2, 0.25) is 5.91 Å². The molecule has 0 aliphatic carbocycles. The SMILES string of the molecule is C[C@@H](O)[C@H](NC(=O)c1ccc(C#Cc2ccc(NC(=O)CN3CCC(N)C3)cc2)cc1)C(=O)NO. The van der Waals surface area contributed by atoms with Crippen LogP contribution in [0.25, 0.3) is 0 Å². The Balaban J connectivity index is 1.55. The average Bonchev–Trinajstić information content (AvgIpc) is 3.25. The molecule has 1 heterocycles. The molecule has 2 aromatic rings. The van der Waals surface area contributed by atoms with Gasteiger partial charge in [0.25, 0.3) is 11.8 Å². The van der Waals surface area contributed by atoms with E-state index in [1.807, 2.05) is 4.90 Å². The third-order valence-corrected chi connectivity index (χ3v) is 5.50. The van der Waals surface area contributed by atoms with Crippen LogP contribution in [0.3, 0.4) is 0 Å². The predicted molar refractivity (Wildman–Crippen MR) is 129 cm³/mol. The Morgan fingerprint density at radius 2 is 1.69 bits per heavy atom. The molecule has 0 spiro atoms. The third-order valence-electron chi connectivity index (χ3n) is 5.50. The second-order valence-electron chi connectivity index (χ2n) is 8.40. The molecule has 0 radical (unpaired) electrons. The molecule has 1 saturated heterocycles. The van der Waals surface area contributed by atoms with E-state index in [0.717, 1.165) is 25.1 Å². The van der Waals surface area contributed by atoms with Crippen LogP contribution < -0.4 is 21.8 Å². The molecule has 35 heavy (non-hydrogen) atoms. The quantitative estimate of drug-likeness (QED) is 0.186. The van der Waals surface area contributed by atoms with Gasteiger partial charge in [-0.1, -0.05) is 11.8 Å². The predicted octanol–water partition coefficient (Wildman–Crippen LogP) is 0.0425. The highest BCUT2D eigenvalue weighted by atomic mass is 16.5. The summed E-state index contributed by atoms with van der Waals surface area (Å²) < 4.78 is 0. The maximum absolute atomic E-state index is 12.3. The average molecular weight is 480 g/mol. The number of anilines is 1. The number of benzene rings is 2. The first-order valence-corrected chi connectivity index (χ1v) is 11.2. The Morgan fingerprint density at radius 3 is 2.20 bits per heavy atom. The molecule has 7 N–H and O–H groups in total. The van der Waals surface area contributed by atoms with Gasteiger partial charge in [-0.3, -0.25) is 24.5 Å². The topological polar surface area (TPSA) is 157 Å². The van der Waals surface area contributed by atoms with Crippen molar-refractivity contribution >= 4 is 23.4 Å². The van der Waals surface area contributed by atoms with Crippen LogP contribution in [-0.4, -0.2) is 70.8 Å². The molecule has 184 valence electrons. The molecule has 3 amide bonds. The largest absolute Gasteiger partial charge is 0.391 e. The highest BCUT2D eigenvalue weighted by Gasteiger charge is 2.25. The smallest absolute Gasteiger partial charge is 0.268 e. The van der Waals surface area contributed by atoms with Crippen molar-refractivity contribution in [3.63, 3.8) is 0 Å². The Labute approximate surface area is 203 Å². The monoisotopic (exact) mass is 479 g/mol. The van der Waals surface area contributed by atoms with Crippen LogP contribution in [0.15, 0.2) is 48.5 Å². The van der Waals surface area contributed by atoms with Gasteiger partial charge in [0, 0.05) is 41.5 Å². The van der Waals surface area contributed by atoms with E-state index in [9.17, 15) is 19.5 Å². The summed E-state index contributed by atoms with van der Waals surface area (Å²) in [4.78, 5) is 38.1. The van der Waals surface area contributed by atoms with E-state index in [2.05, 4.69) is 22.5 Å². The maximum atomic E-state index is 12.3. The van der Waals surface area contributed by atoms with E-state index in [0.29, 0.717) is 17.8 Å². The third kappa shape index (κ3) is 7.63. The number of aliphatic hydroxyl groups is 1. The highest BCUT2D eigenvalue weighted by molar-refractivity contribution is 5.97. The summed E-state index contributed by atoms with van der Waals surface area (Å²) in [5.74, 6) is 4.44. The van der Waals surface area contributed by atoms with Gasteiger partial charge in [0.05, 0.1) is 12.6 Å². The number of hydrogen-bond donors (Lipinski definition) is 6. The van der Waals surface area contributed by atoms with Crippen molar-refractivity contribution in [2.75, 3.05) is 25.0 Å². The minimum atomic E-state index is -1.29. The van der Waals surface area contributed by atoms with Gasteiger partial charge in [-0.15, -0.1) is 0 Å². The van der Waals surface area contributed by atoms with E-state index in [1.54, 1.807) is 48.5 Å². The summed E-state index contributed by atoms with van der Waals surface area (Å²) in [6.45, 7) is 3.20. The van der Waals surface area contributed by atoms with Gasteiger partial charge in [-0.05, 0) is 61.9 Å². The lowest BCUT2D eigenvalue weighted by molar-refractivity contribution is -0.133. The minimum Gasteiger partial charge on any atom is -0.391 e. The van der Waals surface area contributed by atoms with Crippen molar-refractivity contribution in [3.8, 4) is 11.8 Å². The molecule has 10 heteroatoms. The summed E-state index contributed by atoms with van der Waals surface area (Å²) in [6.07, 6.45) is -0.288. The Morgan fingerprint density at radius 1 is 1.09 bits per heavy atom. The van der Waals surface area contributed by atoms with Crippen LogP contribution in [0.5, 0.6) is 0 Å². The number of nitrogens with two attached hydrogens (primary N) is 1. The number of rotatable bonds is 7. The van der Waals surface area contributed by atoms with Gasteiger partial charge in [0.15, 0.2) is 0 Å². The number of carbonyl (C=O) groups excluding carboxylic acids is 3. The summed E-state index contributed by atoms with van der Waals surface area (Å²) in [5, 5.41) is 23.6. The molecule has 3 atom stereocenters. The number of hydroxylamine groups is 1. The van der Waals surface area contributed by atoms with Crippen molar-refractivity contribution in [2.45, 2.75) is 31.5 Å². The van der Waals surface area contributed by atoms with Crippen molar-refractivity contribution in [3.05, 3.63) is 65.2 Å². The van der Waals surface area contributed by atoms with Gasteiger partial charge in [-0.25, -0.2) is 5.48 Å². The number of aliphatic hydroxyl groups excluding tert-OH is 1. The fourth-order valence-electron chi connectivity index (χ4n) is 3.60. The second-order valence-corrected chi connectivity index (χ2v) is 8.40. The summed E-state index contributed by atoms with van der Waals surface area (Å²) >= 11 is 0. The lowest BCUT2D eigenvalue weighted by atomic mass is 10.1. The van der Waals surface area contributed by atoms with Crippen LogP contribution in [0.4, 0.5) is 5.69 Å². The molecule has 1 aliphatic heterocycles. The number of hydrogen-bond acceptors (Lipinski definition) is 7. The van der Waals surface area contributed by atoms with E-state index >= 15 is 0 Å². The maximum Gasteiger partial charge on any atom is 0.268 e. The first kappa shape index (κ1) is 25.9. The zero-order valence-electron chi connectivity index (χ0n) is 19.3. The molecule has 0 aromatic heterocycles. The molecule has 2 aromatic carbocycles. The molecule has 1 fully saturated rings. The Bertz CT molecular complexity index is 1110. The van der Waals surface area contributed by atoms with Gasteiger partial charge >= 0.3 is 0 Å². The molecule has 10 nitrogen and oxygen atoms in total. The fraction of sp³-hybridized carbons (Fsp3) is 0.320. The molecule has 1 aliphatic rings. The summed E-state index contributed by atoms with van der Waals surface area (Å²) in [7, 11) is 0. The van der Waals surface area contributed by atoms with Crippen molar-refractivity contribution in [1.29, 1.82) is 0 Å². The molecule has 3 rings (SSSR count). The number of nitrogens with zero attached hydrogens (tertiary/aromatic N) is 1. The van der Waals surface area contributed by atoms with Gasteiger partial charge < -0.3 is 21.5 Å². The van der Waals surface area contributed by atoms with Crippen LogP contribution in [0, 0.1) is 11.8 Å². The van der Waals surface area contributed by atoms with Crippen LogP contribution in [-0.2, 0) is 9.59 Å². The first-order chi connectivity index (χ1) is 16.7. The van der Waals surface area contributed by atoms with E-state index < -0.39 is 24.0 Å². The van der Waals surface area contributed by atoms with E-state index in [1.165, 1.54) is 12.4 Å². The second kappa shape index (κ2) is 12.1. The number of carbonyl (C=O) groups is 3. The first-order valence-electron chi connectivity index (χ1n) is 11.2. The zero-order chi connectivity index (χ0) is 25.4. The minimum absolute atomic E-state index is 0.0844. The Kier molecular flexibility index (Phi) is 8.94. The number of likely N-dealkylation sites (tertiary alicyclic amines) is 1. The molecular formula is C25H29N5O5. The van der Waals surface area contributed by atoms with Gasteiger partial charge in [-0.2, -0.15) is 0 Å². The van der Waals surface area contributed by atoms with Crippen LogP contribution in [0.2, 0.25) is 0 Å². The molecule has 0 saturated carbocycles. The van der Waals surface area contributed by atoms with Gasteiger partial charge in [0.1, 0.15) is 6.04 Å². The Hall–Kier alpha value is -3.75. The zero-order valence-corrected chi connectivity index (χ0v) is 19.3. The van der Waals surface area contributed by atoms with E-state index in [4.69, 9.17) is 10.9 Å². The van der Waals surface area contributed by atoms with Crippen molar-refractivity contribution in [1.82, 2.24) is 15.7 Å². The summed E-state index contributed by atoms with van der Waals surface area (Å²) in [6, 6.07) is 12.4. The highest BCUT2D eigenvalue weighted by Crippen LogP contribution is 2.11. The number of nitrogens with one attached hydrogen (secondary N) is 3. The number of amides is 3. The van der Waals surface area contributed by atoms with Crippen molar-refractivity contribution in [2.24, 2.45) is 5.73 Å². The molecular weight excluding hydrogens is 450 g/mol. The lowest BCUT2D eigenvalue weighted by Crippen LogP contribution is -2.51. The van der Waals surface area contributed by atoms with Crippen molar-refractivity contribution < 1.29 is 24.7 Å². The normalized spacial score (nSPS) is 17.0. The van der Waals surface area contributed by atoms with Crippen LogP contribution in [0.1, 0.15) is 34.8 Å². The standard InChI is InChI=1S/C25H29N5O5/c1-16(31)23(25(34)29-35)28-24(33)19-8-4-17(5-9-19)2-3-18-6-10-21(11-7-18)27-22(32)15-30-13-12-20(26)14-30/h4-11,16,20,23,31,35H,12-15,26H2,1H3,(H,27,32)(H,28,33)(H,29,34)/t16-,20?,23+/m1/s1. The lowest BCUT2D eigenvalue weighted by Gasteiger charge is -2.19. The van der Waals surface area contributed by atoms with E-state index in [-0.39, 0.29) is 17.5 Å². The molecule has 1 unspecified atom stereocenters.